The maximum Gasteiger partial charge on any atom is 0.490 e. The van der Waals surface area contributed by atoms with Crippen LogP contribution in [0.25, 0.3) is 0 Å². The number of hydrogen-bond donors (Lipinski definition) is 1. The molecule has 3 aliphatic rings. The van der Waals surface area contributed by atoms with Crippen molar-refractivity contribution in [2.75, 3.05) is 46.5 Å². The molecule has 3 aliphatic heterocycles. The molecular formula is C23H31F3N2O6. The molecule has 1 aromatic carbocycles. The molecule has 4 rings (SSSR count). The number of hydrogen-bond acceptors (Lipinski definition) is 6. The highest BCUT2D eigenvalue weighted by atomic mass is 19.4. The minimum atomic E-state index is -5.08. The Kier molecular flexibility index (Phi) is 8.78. The van der Waals surface area contributed by atoms with Gasteiger partial charge in [-0.2, -0.15) is 13.2 Å². The van der Waals surface area contributed by atoms with Crippen LogP contribution >= 0.6 is 0 Å². The van der Waals surface area contributed by atoms with Crippen LogP contribution in [0.5, 0.6) is 5.75 Å². The summed E-state index contributed by atoms with van der Waals surface area (Å²) in [5.41, 5.74) is 1.19. The molecule has 3 heterocycles. The smallest absolute Gasteiger partial charge is 0.490 e. The van der Waals surface area contributed by atoms with Gasteiger partial charge in [0, 0.05) is 45.8 Å². The Balaban J connectivity index is 0.000000406. The number of aliphatic carboxylic acids is 1. The molecule has 1 amide bonds. The summed E-state index contributed by atoms with van der Waals surface area (Å²) < 4.78 is 49.0. The minimum absolute atomic E-state index is 0.0912. The molecule has 1 aromatic rings. The lowest BCUT2D eigenvalue weighted by molar-refractivity contribution is -0.200. The first-order valence-corrected chi connectivity index (χ1v) is 11.3. The summed E-state index contributed by atoms with van der Waals surface area (Å²) in [6.45, 7) is 5.50. The van der Waals surface area contributed by atoms with Gasteiger partial charge in [-0.25, -0.2) is 4.79 Å². The SMILES string of the molecule is COc1ccc(CN2CC3(CC(OCC(=O)N4CCCC4)CCO3)C2)cc1.O=C(O)C(F)(F)F. The topological polar surface area (TPSA) is 88.5 Å². The number of likely N-dealkylation sites (tertiary alicyclic amines) is 2. The largest absolute Gasteiger partial charge is 0.497 e. The summed E-state index contributed by atoms with van der Waals surface area (Å²) in [5.74, 6) is -1.73. The number of carboxylic acid groups (broad SMARTS) is 1. The molecule has 11 heteroatoms. The van der Waals surface area contributed by atoms with Gasteiger partial charge in [0.05, 0.1) is 18.8 Å². The Morgan fingerprint density at radius 1 is 1.18 bits per heavy atom. The molecular weight excluding hydrogens is 457 g/mol. The summed E-state index contributed by atoms with van der Waals surface area (Å²) in [6, 6.07) is 8.23. The number of carboxylic acids is 1. The third kappa shape index (κ3) is 7.31. The molecule has 8 nitrogen and oxygen atoms in total. The number of amides is 1. The Bertz CT molecular complexity index is 821. The predicted octanol–water partition coefficient (Wildman–Crippen LogP) is 2.70. The van der Waals surface area contributed by atoms with E-state index in [-0.39, 0.29) is 24.2 Å². The first-order chi connectivity index (χ1) is 16.1. The van der Waals surface area contributed by atoms with E-state index in [0.29, 0.717) is 0 Å². The second-order valence-electron chi connectivity index (χ2n) is 8.84. The number of carbonyl (C=O) groups excluding carboxylic acids is 1. The van der Waals surface area contributed by atoms with Crippen LogP contribution in [0.2, 0.25) is 0 Å². The van der Waals surface area contributed by atoms with E-state index in [1.54, 1.807) is 7.11 Å². The van der Waals surface area contributed by atoms with Crippen molar-refractivity contribution in [3.8, 4) is 5.75 Å². The number of nitrogens with zero attached hydrogens (tertiary/aromatic N) is 2. The molecule has 190 valence electrons. The van der Waals surface area contributed by atoms with Crippen molar-refractivity contribution in [3.63, 3.8) is 0 Å². The van der Waals surface area contributed by atoms with E-state index >= 15 is 0 Å². The van der Waals surface area contributed by atoms with Gasteiger partial charge in [0.15, 0.2) is 0 Å². The molecule has 1 atom stereocenters. The normalized spacial score (nSPS) is 22.0. The molecule has 1 unspecified atom stereocenters. The summed E-state index contributed by atoms with van der Waals surface area (Å²) in [7, 11) is 1.69. The molecule has 1 spiro atoms. The zero-order valence-electron chi connectivity index (χ0n) is 19.2. The molecule has 0 saturated carbocycles. The van der Waals surface area contributed by atoms with E-state index < -0.39 is 12.1 Å². The van der Waals surface area contributed by atoms with Gasteiger partial charge in [-0.1, -0.05) is 12.1 Å². The van der Waals surface area contributed by atoms with Gasteiger partial charge in [0.25, 0.3) is 0 Å². The number of carbonyl (C=O) groups is 2. The molecule has 0 radical (unpaired) electrons. The van der Waals surface area contributed by atoms with Crippen LogP contribution in [-0.4, -0.2) is 91.2 Å². The van der Waals surface area contributed by atoms with Crippen LogP contribution in [0.3, 0.4) is 0 Å². The molecule has 0 aliphatic carbocycles. The van der Waals surface area contributed by atoms with Gasteiger partial charge >= 0.3 is 12.1 Å². The van der Waals surface area contributed by atoms with Crippen LogP contribution in [0, 0.1) is 0 Å². The highest BCUT2D eigenvalue weighted by molar-refractivity contribution is 5.77. The molecule has 1 N–H and O–H groups in total. The maximum absolute atomic E-state index is 12.2. The van der Waals surface area contributed by atoms with Crippen LogP contribution < -0.4 is 4.74 Å². The van der Waals surface area contributed by atoms with E-state index in [0.717, 1.165) is 70.8 Å². The lowest BCUT2D eigenvalue weighted by atomic mass is 9.84. The average molecular weight is 489 g/mol. The minimum Gasteiger partial charge on any atom is -0.497 e. The van der Waals surface area contributed by atoms with Crippen LogP contribution in [-0.2, 0) is 25.6 Å². The Labute approximate surface area is 196 Å². The Morgan fingerprint density at radius 2 is 1.79 bits per heavy atom. The lowest BCUT2D eigenvalue weighted by Gasteiger charge is -2.53. The number of alkyl halides is 3. The van der Waals surface area contributed by atoms with Crippen molar-refractivity contribution < 1.29 is 42.1 Å². The maximum atomic E-state index is 12.2. The van der Waals surface area contributed by atoms with E-state index in [4.69, 9.17) is 24.1 Å². The van der Waals surface area contributed by atoms with Gasteiger partial charge in [-0.3, -0.25) is 9.69 Å². The summed E-state index contributed by atoms with van der Waals surface area (Å²) in [6.07, 6.45) is -0.937. The molecule has 3 saturated heterocycles. The van der Waals surface area contributed by atoms with Crippen LogP contribution in [0.4, 0.5) is 13.2 Å². The second kappa shape index (κ2) is 11.4. The predicted molar refractivity (Wildman–Crippen MR) is 115 cm³/mol. The fourth-order valence-corrected chi connectivity index (χ4v) is 4.46. The van der Waals surface area contributed by atoms with Crippen molar-refractivity contribution in [2.24, 2.45) is 0 Å². The van der Waals surface area contributed by atoms with Gasteiger partial charge < -0.3 is 24.2 Å². The number of halogens is 3. The quantitative estimate of drug-likeness (QED) is 0.659. The van der Waals surface area contributed by atoms with E-state index in [1.165, 1.54) is 5.56 Å². The molecule has 0 aromatic heterocycles. The van der Waals surface area contributed by atoms with Gasteiger partial charge in [-0.05, 0) is 37.0 Å². The lowest BCUT2D eigenvalue weighted by Crippen LogP contribution is -2.65. The van der Waals surface area contributed by atoms with Gasteiger partial charge in [0.1, 0.15) is 12.4 Å². The number of benzene rings is 1. The van der Waals surface area contributed by atoms with E-state index in [1.807, 2.05) is 17.0 Å². The third-order valence-corrected chi connectivity index (χ3v) is 6.18. The zero-order valence-corrected chi connectivity index (χ0v) is 19.2. The molecule has 0 bridgehead atoms. The van der Waals surface area contributed by atoms with Gasteiger partial charge in [0.2, 0.25) is 5.91 Å². The standard InChI is InChI=1S/C21H30N2O4.C2HF3O2/c1-25-18-6-4-17(5-7-18)13-22-15-21(16-22)12-19(8-11-27-21)26-14-20(24)23-9-2-3-10-23;3-2(4,5)1(6)7/h4-7,19H,2-3,8-16H2,1H3;(H,6,7). The summed E-state index contributed by atoms with van der Waals surface area (Å²) in [4.78, 5) is 25.4. The second-order valence-corrected chi connectivity index (χ2v) is 8.84. The van der Waals surface area contributed by atoms with E-state index in [2.05, 4.69) is 17.0 Å². The van der Waals surface area contributed by atoms with Gasteiger partial charge in [-0.15, -0.1) is 0 Å². The summed E-state index contributed by atoms with van der Waals surface area (Å²) in [5, 5.41) is 7.12. The fraction of sp³-hybridized carbons (Fsp3) is 0.652. The number of rotatable bonds is 6. The van der Waals surface area contributed by atoms with Crippen molar-refractivity contribution in [1.82, 2.24) is 9.80 Å². The van der Waals surface area contributed by atoms with Crippen molar-refractivity contribution in [2.45, 2.75) is 50.1 Å². The van der Waals surface area contributed by atoms with Crippen molar-refractivity contribution in [1.29, 1.82) is 0 Å². The van der Waals surface area contributed by atoms with Crippen molar-refractivity contribution >= 4 is 11.9 Å². The average Bonchev–Trinajstić information content (AvgIpc) is 3.32. The van der Waals surface area contributed by atoms with Crippen LogP contribution in [0.15, 0.2) is 24.3 Å². The molecule has 3 fully saturated rings. The number of methoxy groups -OCH3 is 1. The fourth-order valence-electron chi connectivity index (χ4n) is 4.46. The molecule has 34 heavy (non-hydrogen) atoms. The highest BCUT2D eigenvalue weighted by Gasteiger charge is 2.47. The first-order valence-electron chi connectivity index (χ1n) is 11.3. The Morgan fingerprint density at radius 3 is 2.35 bits per heavy atom. The first kappa shape index (κ1) is 26.2. The zero-order chi connectivity index (χ0) is 24.8. The number of ether oxygens (including phenoxy) is 3. The van der Waals surface area contributed by atoms with E-state index in [9.17, 15) is 18.0 Å². The monoisotopic (exact) mass is 488 g/mol. The van der Waals surface area contributed by atoms with Crippen molar-refractivity contribution in [3.05, 3.63) is 29.8 Å². The third-order valence-electron chi connectivity index (χ3n) is 6.18. The Hall–Kier alpha value is -2.37. The summed E-state index contributed by atoms with van der Waals surface area (Å²) >= 11 is 0. The van der Waals surface area contributed by atoms with Crippen LogP contribution in [0.1, 0.15) is 31.2 Å². The highest BCUT2D eigenvalue weighted by Crippen LogP contribution is 2.36.